The summed E-state index contributed by atoms with van der Waals surface area (Å²) in [6.45, 7) is 1.10. The predicted molar refractivity (Wildman–Crippen MR) is 64.4 cm³/mol. The van der Waals surface area contributed by atoms with Gasteiger partial charge in [0.1, 0.15) is 6.61 Å². The highest BCUT2D eigenvalue weighted by atomic mass is 16.5. The van der Waals surface area contributed by atoms with Crippen LogP contribution >= 0.6 is 0 Å². The molecule has 0 radical (unpaired) electrons. The predicted octanol–water partition coefficient (Wildman–Crippen LogP) is 0.789. The van der Waals surface area contributed by atoms with Gasteiger partial charge in [0.05, 0.1) is 18.3 Å². The Hall–Kier alpha value is -1.72. The molecule has 1 aromatic rings. The molecule has 0 aliphatic carbocycles. The van der Waals surface area contributed by atoms with Crippen LogP contribution in [0.1, 0.15) is 34.1 Å². The van der Waals surface area contributed by atoms with Gasteiger partial charge in [-0.15, -0.1) is 0 Å². The number of esters is 1. The van der Waals surface area contributed by atoms with Crippen molar-refractivity contribution in [2.45, 2.75) is 19.4 Å². The molecule has 0 bridgehead atoms. The molecular formula is C13H16O5. The van der Waals surface area contributed by atoms with Gasteiger partial charge in [0.15, 0.2) is 5.78 Å². The van der Waals surface area contributed by atoms with Gasteiger partial charge in [-0.3, -0.25) is 4.79 Å². The van der Waals surface area contributed by atoms with E-state index < -0.39 is 12.1 Å². The maximum atomic E-state index is 11.7. The second-order valence-corrected chi connectivity index (χ2v) is 3.89. The van der Waals surface area contributed by atoms with E-state index in [0.29, 0.717) is 0 Å². The first-order chi connectivity index (χ1) is 8.56. The van der Waals surface area contributed by atoms with Gasteiger partial charge >= 0.3 is 5.97 Å². The number of benzene rings is 1. The zero-order chi connectivity index (χ0) is 13.5. The summed E-state index contributed by atoms with van der Waals surface area (Å²) in [4.78, 5) is 23.4. The van der Waals surface area contributed by atoms with Crippen LogP contribution in [0.15, 0.2) is 24.3 Å². The minimum atomic E-state index is -0.755. The van der Waals surface area contributed by atoms with Crippen molar-refractivity contribution in [2.24, 2.45) is 0 Å². The van der Waals surface area contributed by atoms with Gasteiger partial charge in [0.25, 0.3) is 0 Å². The smallest absolute Gasteiger partial charge is 0.338 e. The molecule has 0 aromatic heterocycles. The number of carbonyl (C=O) groups is 2. The standard InChI is InChI=1S/C13H16O5/c1-9(15)8-18-13(17)11-5-3-2-4-10(11)12(16)6-7-14/h2-5,9,14-15H,6-8H2,1H3. The van der Waals surface area contributed by atoms with Crippen LogP contribution in [0.3, 0.4) is 0 Å². The SMILES string of the molecule is CC(O)COC(=O)c1ccccc1C(=O)CCO. The molecule has 1 rings (SSSR count). The molecular weight excluding hydrogens is 236 g/mol. The highest BCUT2D eigenvalue weighted by Gasteiger charge is 2.17. The van der Waals surface area contributed by atoms with Gasteiger partial charge in [-0.05, 0) is 13.0 Å². The van der Waals surface area contributed by atoms with E-state index >= 15 is 0 Å². The monoisotopic (exact) mass is 252 g/mol. The number of ether oxygens (including phenoxy) is 1. The van der Waals surface area contributed by atoms with Crippen molar-refractivity contribution in [1.29, 1.82) is 0 Å². The first kappa shape index (κ1) is 14.3. The van der Waals surface area contributed by atoms with E-state index in [1.807, 2.05) is 0 Å². The molecule has 1 atom stereocenters. The van der Waals surface area contributed by atoms with Crippen LogP contribution < -0.4 is 0 Å². The van der Waals surface area contributed by atoms with E-state index in [2.05, 4.69) is 0 Å². The van der Waals surface area contributed by atoms with Gasteiger partial charge in [0.2, 0.25) is 0 Å². The van der Waals surface area contributed by atoms with Crippen molar-refractivity contribution in [3.8, 4) is 0 Å². The number of aliphatic hydroxyl groups excluding tert-OH is 2. The van der Waals surface area contributed by atoms with Crippen molar-refractivity contribution >= 4 is 11.8 Å². The Morgan fingerprint density at radius 1 is 1.28 bits per heavy atom. The highest BCUT2D eigenvalue weighted by molar-refractivity contribution is 6.06. The van der Waals surface area contributed by atoms with Gasteiger partial charge in [-0.1, -0.05) is 18.2 Å². The minimum absolute atomic E-state index is 0.0410. The zero-order valence-electron chi connectivity index (χ0n) is 10.1. The van der Waals surface area contributed by atoms with Crippen molar-refractivity contribution < 1.29 is 24.5 Å². The van der Waals surface area contributed by atoms with Crippen molar-refractivity contribution in [2.75, 3.05) is 13.2 Å². The average molecular weight is 252 g/mol. The second-order valence-electron chi connectivity index (χ2n) is 3.89. The zero-order valence-corrected chi connectivity index (χ0v) is 10.1. The number of rotatable bonds is 6. The average Bonchev–Trinajstić information content (AvgIpc) is 2.36. The third kappa shape index (κ3) is 3.94. The topological polar surface area (TPSA) is 83.8 Å². The number of hydrogen-bond donors (Lipinski definition) is 2. The molecule has 5 heteroatoms. The van der Waals surface area contributed by atoms with Crippen LogP contribution in [0, 0.1) is 0 Å². The molecule has 0 amide bonds. The van der Waals surface area contributed by atoms with Gasteiger partial charge in [0, 0.05) is 12.0 Å². The summed E-state index contributed by atoms with van der Waals surface area (Å²) in [5.41, 5.74) is 0.374. The van der Waals surface area contributed by atoms with E-state index in [1.165, 1.54) is 19.1 Å². The fraction of sp³-hybridized carbons (Fsp3) is 0.385. The lowest BCUT2D eigenvalue weighted by Crippen LogP contribution is -2.18. The van der Waals surface area contributed by atoms with Crippen LogP contribution in [0.5, 0.6) is 0 Å². The van der Waals surface area contributed by atoms with Crippen LogP contribution in [0.4, 0.5) is 0 Å². The molecule has 0 fully saturated rings. The third-order valence-corrected chi connectivity index (χ3v) is 2.24. The Labute approximate surface area is 105 Å². The van der Waals surface area contributed by atoms with E-state index in [4.69, 9.17) is 14.9 Å². The lowest BCUT2D eigenvalue weighted by atomic mass is 10.0. The largest absolute Gasteiger partial charge is 0.459 e. The Morgan fingerprint density at radius 2 is 1.89 bits per heavy atom. The first-order valence-corrected chi connectivity index (χ1v) is 5.64. The molecule has 1 unspecified atom stereocenters. The molecule has 5 nitrogen and oxygen atoms in total. The van der Waals surface area contributed by atoms with Crippen molar-refractivity contribution in [3.05, 3.63) is 35.4 Å². The number of aliphatic hydroxyl groups is 2. The van der Waals surface area contributed by atoms with E-state index in [9.17, 15) is 9.59 Å². The van der Waals surface area contributed by atoms with Crippen LogP contribution in [0.25, 0.3) is 0 Å². The van der Waals surface area contributed by atoms with E-state index in [-0.39, 0.29) is 36.5 Å². The lowest BCUT2D eigenvalue weighted by molar-refractivity contribution is 0.0294. The van der Waals surface area contributed by atoms with Crippen molar-refractivity contribution in [1.82, 2.24) is 0 Å². The summed E-state index contributed by atoms with van der Waals surface area (Å²) in [5.74, 6) is -0.972. The van der Waals surface area contributed by atoms with E-state index in [1.54, 1.807) is 12.1 Å². The summed E-state index contributed by atoms with van der Waals surface area (Å²) in [6.07, 6.45) is -0.796. The number of Topliss-reactive ketones (excluding diaryl/α,β-unsaturated/α-hetero) is 1. The highest BCUT2D eigenvalue weighted by Crippen LogP contribution is 2.12. The summed E-state index contributed by atoms with van der Waals surface area (Å²) >= 11 is 0. The fourth-order valence-electron chi connectivity index (χ4n) is 1.41. The molecule has 2 N–H and O–H groups in total. The normalized spacial score (nSPS) is 11.9. The van der Waals surface area contributed by atoms with Gasteiger partial charge < -0.3 is 14.9 Å². The molecule has 0 saturated carbocycles. The van der Waals surface area contributed by atoms with Crippen LogP contribution in [0.2, 0.25) is 0 Å². The third-order valence-electron chi connectivity index (χ3n) is 2.24. The van der Waals surface area contributed by atoms with E-state index in [0.717, 1.165) is 0 Å². The maximum Gasteiger partial charge on any atom is 0.338 e. The molecule has 0 saturated heterocycles. The summed E-state index contributed by atoms with van der Waals surface area (Å²) in [7, 11) is 0. The summed E-state index contributed by atoms with van der Waals surface area (Å²) in [6, 6.07) is 6.25. The quantitative estimate of drug-likeness (QED) is 0.577. The second kappa shape index (κ2) is 6.88. The minimum Gasteiger partial charge on any atom is -0.459 e. The first-order valence-electron chi connectivity index (χ1n) is 5.64. The molecule has 0 aliphatic heterocycles. The summed E-state index contributed by atoms with van der Waals surface area (Å²) < 4.78 is 4.85. The van der Waals surface area contributed by atoms with Crippen LogP contribution in [-0.4, -0.2) is 41.3 Å². The number of ketones is 1. The number of carbonyl (C=O) groups excluding carboxylic acids is 2. The Kier molecular flexibility index (Phi) is 5.48. The molecule has 18 heavy (non-hydrogen) atoms. The molecule has 0 spiro atoms. The number of hydrogen-bond acceptors (Lipinski definition) is 5. The summed E-state index contributed by atoms with van der Waals surface area (Å²) in [5, 5.41) is 17.8. The van der Waals surface area contributed by atoms with Crippen LogP contribution in [-0.2, 0) is 4.74 Å². The Bertz CT molecular complexity index is 425. The molecule has 1 aromatic carbocycles. The fourth-order valence-corrected chi connectivity index (χ4v) is 1.41. The van der Waals surface area contributed by atoms with Crippen molar-refractivity contribution in [3.63, 3.8) is 0 Å². The molecule has 0 heterocycles. The lowest BCUT2D eigenvalue weighted by Gasteiger charge is -2.09. The maximum absolute atomic E-state index is 11.7. The van der Waals surface area contributed by atoms with Gasteiger partial charge in [-0.2, -0.15) is 0 Å². The Morgan fingerprint density at radius 3 is 2.44 bits per heavy atom. The van der Waals surface area contributed by atoms with Gasteiger partial charge in [-0.25, -0.2) is 4.79 Å². The molecule has 98 valence electrons. The Balaban J connectivity index is 2.87. The molecule has 0 aliphatic rings.